The molecule has 7 heteroatoms. The smallest absolute Gasteiger partial charge is 0.323 e. The van der Waals surface area contributed by atoms with Gasteiger partial charge in [0.2, 0.25) is 0 Å². The standard InChI is InChI=1S/C16H15BrN4OS/c17-11-8-13-14(20-15(22)19-13)9-12(11)21-16(23)18-7-6-10-4-2-1-3-5-10/h1-5,8-9H,6-7H2,(H2,18,21,23)(H2,19,20,22). The lowest BCUT2D eigenvalue weighted by molar-refractivity contribution is 0.873. The van der Waals surface area contributed by atoms with Crippen LogP contribution in [0.5, 0.6) is 0 Å². The molecule has 0 saturated carbocycles. The van der Waals surface area contributed by atoms with Gasteiger partial charge in [0.05, 0.1) is 16.7 Å². The molecule has 1 heterocycles. The Hall–Kier alpha value is -2.12. The Labute approximate surface area is 146 Å². The molecule has 0 spiro atoms. The normalized spacial score (nSPS) is 10.7. The van der Waals surface area contributed by atoms with E-state index in [9.17, 15) is 4.79 Å². The van der Waals surface area contributed by atoms with E-state index in [1.54, 1.807) is 0 Å². The van der Waals surface area contributed by atoms with Gasteiger partial charge in [0, 0.05) is 11.0 Å². The first kappa shape index (κ1) is 15.8. The molecule has 3 aromatic rings. The molecule has 0 amide bonds. The minimum atomic E-state index is -0.229. The minimum Gasteiger partial charge on any atom is -0.362 e. The number of rotatable bonds is 4. The molecule has 4 N–H and O–H groups in total. The lowest BCUT2D eigenvalue weighted by Crippen LogP contribution is -2.30. The van der Waals surface area contributed by atoms with Gasteiger partial charge >= 0.3 is 5.69 Å². The number of aromatic nitrogens is 2. The van der Waals surface area contributed by atoms with Crippen molar-refractivity contribution in [1.29, 1.82) is 0 Å². The summed E-state index contributed by atoms with van der Waals surface area (Å²) >= 11 is 8.79. The van der Waals surface area contributed by atoms with Gasteiger partial charge in [-0.25, -0.2) is 4.79 Å². The van der Waals surface area contributed by atoms with Gasteiger partial charge in [-0.15, -0.1) is 0 Å². The molecular weight excluding hydrogens is 376 g/mol. The molecule has 0 unspecified atom stereocenters. The van der Waals surface area contributed by atoms with Crippen LogP contribution in [0, 0.1) is 0 Å². The molecule has 23 heavy (non-hydrogen) atoms. The van der Waals surface area contributed by atoms with Crippen LogP contribution in [0.3, 0.4) is 0 Å². The first-order valence-electron chi connectivity index (χ1n) is 7.12. The zero-order valence-electron chi connectivity index (χ0n) is 12.2. The molecule has 5 nitrogen and oxygen atoms in total. The average Bonchev–Trinajstić information content (AvgIpc) is 2.87. The Kier molecular flexibility index (Phi) is 4.78. The van der Waals surface area contributed by atoms with E-state index in [1.807, 2.05) is 30.3 Å². The number of anilines is 1. The van der Waals surface area contributed by atoms with Crippen LogP contribution in [0.4, 0.5) is 5.69 Å². The third kappa shape index (κ3) is 4.00. The number of benzene rings is 2. The molecule has 0 atom stereocenters. The van der Waals surface area contributed by atoms with E-state index in [-0.39, 0.29) is 5.69 Å². The van der Waals surface area contributed by atoms with Crippen molar-refractivity contribution in [2.75, 3.05) is 11.9 Å². The molecule has 2 aromatic carbocycles. The fraction of sp³-hybridized carbons (Fsp3) is 0.125. The van der Waals surface area contributed by atoms with Crippen LogP contribution in [-0.2, 0) is 6.42 Å². The Balaban J connectivity index is 1.61. The van der Waals surface area contributed by atoms with Crippen LogP contribution in [-0.4, -0.2) is 21.6 Å². The molecule has 118 valence electrons. The molecule has 3 rings (SSSR count). The largest absolute Gasteiger partial charge is 0.362 e. The third-order valence-electron chi connectivity index (χ3n) is 3.39. The number of nitrogens with one attached hydrogen (secondary N) is 4. The van der Waals surface area contributed by atoms with Gasteiger partial charge in [0.1, 0.15) is 0 Å². The van der Waals surface area contributed by atoms with Crippen molar-refractivity contribution in [2.45, 2.75) is 6.42 Å². The quantitative estimate of drug-likeness (QED) is 0.516. The zero-order chi connectivity index (χ0) is 16.2. The Morgan fingerprint density at radius 3 is 2.57 bits per heavy atom. The van der Waals surface area contributed by atoms with Crippen molar-refractivity contribution in [1.82, 2.24) is 15.3 Å². The van der Waals surface area contributed by atoms with Crippen molar-refractivity contribution in [3.8, 4) is 0 Å². The second-order valence-electron chi connectivity index (χ2n) is 5.07. The van der Waals surface area contributed by atoms with E-state index in [1.165, 1.54) is 5.56 Å². The van der Waals surface area contributed by atoms with Gasteiger partial charge in [-0.1, -0.05) is 30.3 Å². The monoisotopic (exact) mass is 390 g/mol. The number of thiocarbonyl (C=S) groups is 1. The maximum Gasteiger partial charge on any atom is 0.323 e. The Morgan fingerprint density at radius 1 is 1.13 bits per heavy atom. The summed E-state index contributed by atoms with van der Waals surface area (Å²) in [6.07, 6.45) is 0.897. The average molecular weight is 391 g/mol. The number of hydrogen-bond acceptors (Lipinski definition) is 2. The van der Waals surface area contributed by atoms with Gasteiger partial charge < -0.3 is 20.6 Å². The molecule has 1 aromatic heterocycles. The van der Waals surface area contributed by atoms with E-state index >= 15 is 0 Å². The van der Waals surface area contributed by atoms with Crippen molar-refractivity contribution >= 4 is 50.0 Å². The summed E-state index contributed by atoms with van der Waals surface area (Å²) in [6, 6.07) is 13.9. The van der Waals surface area contributed by atoms with E-state index < -0.39 is 0 Å². The minimum absolute atomic E-state index is 0.229. The first-order chi connectivity index (χ1) is 11.1. The highest BCUT2D eigenvalue weighted by Crippen LogP contribution is 2.26. The number of imidazole rings is 1. The van der Waals surface area contributed by atoms with Crippen molar-refractivity contribution in [2.24, 2.45) is 0 Å². The van der Waals surface area contributed by atoms with E-state index in [0.29, 0.717) is 5.11 Å². The third-order valence-corrected chi connectivity index (χ3v) is 4.30. The highest BCUT2D eigenvalue weighted by Gasteiger charge is 2.07. The fourth-order valence-corrected chi connectivity index (χ4v) is 2.94. The maximum atomic E-state index is 11.3. The lowest BCUT2D eigenvalue weighted by Gasteiger charge is -2.12. The summed E-state index contributed by atoms with van der Waals surface area (Å²) in [5, 5.41) is 6.86. The molecule has 0 aliphatic rings. The predicted molar refractivity (Wildman–Crippen MR) is 101 cm³/mol. The molecule has 0 aliphatic heterocycles. The van der Waals surface area contributed by atoms with Gasteiger partial charge in [0.15, 0.2) is 5.11 Å². The predicted octanol–water partition coefficient (Wildman–Crippen LogP) is 3.15. The van der Waals surface area contributed by atoms with E-state index in [2.05, 4.69) is 48.7 Å². The summed E-state index contributed by atoms with van der Waals surface area (Å²) in [7, 11) is 0. The van der Waals surface area contributed by atoms with Crippen LogP contribution >= 0.6 is 28.1 Å². The van der Waals surface area contributed by atoms with Gasteiger partial charge in [-0.05, 0) is 52.3 Å². The SMILES string of the molecule is O=c1[nH]c2cc(Br)c(NC(=S)NCCc3ccccc3)cc2[nH]1. The second kappa shape index (κ2) is 6.97. The van der Waals surface area contributed by atoms with Crippen LogP contribution in [0.2, 0.25) is 0 Å². The van der Waals surface area contributed by atoms with Crippen molar-refractivity contribution < 1.29 is 0 Å². The summed E-state index contributed by atoms with van der Waals surface area (Å²) < 4.78 is 0.826. The molecule has 0 fully saturated rings. The van der Waals surface area contributed by atoms with Crippen LogP contribution in [0.25, 0.3) is 11.0 Å². The number of fused-ring (bicyclic) bond motifs is 1. The molecular formula is C16H15BrN4OS. The summed E-state index contributed by atoms with van der Waals surface area (Å²) in [5.41, 5.74) is 3.30. The maximum absolute atomic E-state index is 11.3. The van der Waals surface area contributed by atoms with Crippen LogP contribution in [0.1, 0.15) is 5.56 Å². The van der Waals surface area contributed by atoms with Gasteiger partial charge in [-0.3, -0.25) is 0 Å². The molecule has 0 bridgehead atoms. The van der Waals surface area contributed by atoms with E-state index in [0.717, 1.165) is 34.2 Å². The number of H-pyrrole nitrogens is 2. The topological polar surface area (TPSA) is 72.7 Å². The van der Waals surface area contributed by atoms with Gasteiger partial charge in [-0.2, -0.15) is 0 Å². The number of aromatic amines is 2. The summed E-state index contributed by atoms with van der Waals surface area (Å²) in [5.74, 6) is 0. The van der Waals surface area contributed by atoms with Gasteiger partial charge in [0.25, 0.3) is 0 Å². The summed E-state index contributed by atoms with van der Waals surface area (Å²) in [4.78, 5) is 16.8. The van der Waals surface area contributed by atoms with Crippen LogP contribution < -0.4 is 16.3 Å². The van der Waals surface area contributed by atoms with Crippen molar-refractivity contribution in [3.05, 3.63) is 63.0 Å². The number of halogens is 1. The second-order valence-corrected chi connectivity index (χ2v) is 6.34. The highest BCUT2D eigenvalue weighted by atomic mass is 79.9. The number of hydrogen-bond donors (Lipinski definition) is 4. The Bertz CT molecular complexity index is 888. The summed E-state index contributed by atoms with van der Waals surface area (Å²) in [6.45, 7) is 0.747. The first-order valence-corrected chi connectivity index (χ1v) is 8.32. The fourth-order valence-electron chi connectivity index (χ4n) is 2.28. The van der Waals surface area contributed by atoms with Crippen molar-refractivity contribution in [3.63, 3.8) is 0 Å². The highest BCUT2D eigenvalue weighted by molar-refractivity contribution is 9.10. The molecule has 0 aliphatic carbocycles. The zero-order valence-corrected chi connectivity index (χ0v) is 14.6. The van der Waals surface area contributed by atoms with E-state index in [4.69, 9.17) is 12.2 Å². The lowest BCUT2D eigenvalue weighted by atomic mass is 10.1. The molecule has 0 saturated heterocycles. The Morgan fingerprint density at radius 2 is 1.83 bits per heavy atom. The van der Waals surface area contributed by atoms with Crippen LogP contribution in [0.15, 0.2) is 51.7 Å². The molecule has 0 radical (unpaired) electrons.